The van der Waals surface area contributed by atoms with Crippen LogP contribution in [0.3, 0.4) is 0 Å². The highest BCUT2D eigenvalue weighted by Gasteiger charge is 2.33. The van der Waals surface area contributed by atoms with Crippen molar-refractivity contribution in [2.24, 2.45) is 5.92 Å². The van der Waals surface area contributed by atoms with E-state index in [1.165, 1.54) is 16.4 Å². The summed E-state index contributed by atoms with van der Waals surface area (Å²) in [6, 6.07) is 3.85. The zero-order chi connectivity index (χ0) is 14.9. The Morgan fingerprint density at radius 3 is 2.75 bits per heavy atom. The highest BCUT2D eigenvalue weighted by molar-refractivity contribution is 7.93. The summed E-state index contributed by atoms with van der Waals surface area (Å²) in [4.78, 5) is 10.5. The molecule has 5 nitrogen and oxygen atoms in total. The Bertz CT molecular complexity index is 669. The Balaban J connectivity index is 2.39. The SMILES string of the molecule is CC1CN(c2ccc(F)c(/C=C/C(=O)O)c2)S(=O)(=O)C1. The summed E-state index contributed by atoms with van der Waals surface area (Å²) >= 11 is 0. The van der Waals surface area contributed by atoms with Crippen LogP contribution in [0.2, 0.25) is 0 Å². The van der Waals surface area contributed by atoms with Gasteiger partial charge in [-0.2, -0.15) is 0 Å². The number of anilines is 1. The number of aliphatic carboxylic acids is 1. The van der Waals surface area contributed by atoms with Crippen LogP contribution in [0.4, 0.5) is 10.1 Å². The zero-order valence-corrected chi connectivity index (χ0v) is 11.6. The fraction of sp³-hybridized carbons (Fsp3) is 0.308. The Hall–Kier alpha value is -1.89. The van der Waals surface area contributed by atoms with Gasteiger partial charge in [0, 0.05) is 18.2 Å². The first-order valence-corrected chi connectivity index (χ1v) is 7.61. The molecule has 108 valence electrons. The first-order valence-electron chi connectivity index (χ1n) is 6.00. The number of sulfonamides is 1. The fourth-order valence-electron chi connectivity index (χ4n) is 2.14. The van der Waals surface area contributed by atoms with Gasteiger partial charge in [0.05, 0.1) is 11.4 Å². The Morgan fingerprint density at radius 1 is 1.50 bits per heavy atom. The van der Waals surface area contributed by atoms with E-state index in [0.29, 0.717) is 12.2 Å². The Morgan fingerprint density at radius 2 is 2.20 bits per heavy atom. The summed E-state index contributed by atoms with van der Waals surface area (Å²) in [5.41, 5.74) is 0.389. The molecule has 1 aliphatic heterocycles. The second kappa shape index (κ2) is 5.24. The van der Waals surface area contributed by atoms with Crippen LogP contribution in [0.5, 0.6) is 0 Å². The molecule has 0 aromatic heterocycles. The third-order valence-electron chi connectivity index (χ3n) is 2.98. The monoisotopic (exact) mass is 299 g/mol. The van der Waals surface area contributed by atoms with Crippen molar-refractivity contribution < 1.29 is 22.7 Å². The topological polar surface area (TPSA) is 74.7 Å². The molecule has 7 heteroatoms. The molecule has 0 radical (unpaired) electrons. The number of carboxylic acids is 1. The van der Waals surface area contributed by atoms with Crippen LogP contribution in [0.25, 0.3) is 6.08 Å². The number of hydrogen-bond donors (Lipinski definition) is 1. The van der Waals surface area contributed by atoms with E-state index in [0.717, 1.165) is 18.2 Å². The summed E-state index contributed by atoms with van der Waals surface area (Å²) in [6.07, 6.45) is 1.91. The predicted molar refractivity (Wildman–Crippen MR) is 73.4 cm³/mol. The molecule has 1 fully saturated rings. The van der Waals surface area contributed by atoms with Crippen LogP contribution in [-0.2, 0) is 14.8 Å². The van der Waals surface area contributed by atoms with Crippen LogP contribution >= 0.6 is 0 Å². The second-order valence-corrected chi connectivity index (χ2v) is 6.73. The molecule has 0 saturated carbocycles. The molecule has 0 bridgehead atoms. The molecule has 0 spiro atoms. The fourth-order valence-corrected chi connectivity index (χ4v) is 4.06. The molecule has 1 unspecified atom stereocenters. The molecule has 1 heterocycles. The summed E-state index contributed by atoms with van der Waals surface area (Å²) in [5.74, 6) is -1.74. The minimum Gasteiger partial charge on any atom is -0.478 e. The summed E-state index contributed by atoms with van der Waals surface area (Å²) in [5, 5.41) is 8.55. The quantitative estimate of drug-likeness (QED) is 0.862. The lowest BCUT2D eigenvalue weighted by molar-refractivity contribution is -0.131. The molecule has 0 amide bonds. The van der Waals surface area contributed by atoms with E-state index in [1.54, 1.807) is 0 Å². The normalized spacial score (nSPS) is 21.5. The van der Waals surface area contributed by atoms with Crippen molar-refractivity contribution in [2.75, 3.05) is 16.6 Å². The van der Waals surface area contributed by atoms with Crippen LogP contribution in [0.1, 0.15) is 12.5 Å². The third kappa shape index (κ3) is 2.98. The number of benzene rings is 1. The predicted octanol–water partition coefficient (Wildman–Crippen LogP) is 1.71. The molecule has 20 heavy (non-hydrogen) atoms. The van der Waals surface area contributed by atoms with Crippen molar-refractivity contribution in [3.05, 3.63) is 35.7 Å². The molecule has 1 aromatic carbocycles. The first kappa shape index (κ1) is 14.5. The molecule has 1 saturated heterocycles. The van der Waals surface area contributed by atoms with Gasteiger partial charge >= 0.3 is 5.97 Å². The maximum atomic E-state index is 13.6. The van der Waals surface area contributed by atoms with E-state index >= 15 is 0 Å². The Kier molecular flexibility index (Phi) is 3.80. The average molecular weight is 299 g/mol. The standard InChI is InChI=1S/C13H14FNO4S/c1-9-7-15(20(18,19)8-9)11-3-4-12(14)10(6-11)2-5-13(16)17/h2-6,9H,7-8H2,1H3,(H,16,17)/b5-2+. The van der Waals surface area contributed by atoms with Crippen molar-refractivity contribution in [3.8, 4) is 0 Å². The lowest BCUT2D eigenvalue weighted by Crippen LogP contribution is -2.25. The number of hydrogen-bond acceptors (Lipinski definition) is 3. The van der Waals surface area contributed by atoms with E-state index in [9.17, 15) is 17.6 Å². The van der Waals surface area contributed by atoms with Crippen LogP contribution in [-0.4, -0.2) is 31.8 Å². The van der Waals surface area contributed by atoms with Gasteiger partial charge in [-0.25, -0.2) is 17.6 Å². The van der Waals surface area contributed by atoms with E-state index in [2.05, 4.69) is 0 Å². The van der Waals surface area contributed by atoms with Crippen molar-refractivity contribution >= 4 is 27.8 Å². The van der Waals surface area contributed by atoms with Crippen LogP contribution in [0, 0.1) is 11.7 Å². The molecule has 1 atom stereocenters. The Labute approximate surface area is 116 Å². The van der Waals surface area contributed by atoms with Gasteiger partial charge in [-0.05, 0) is 30.2 Å². The highest BCUT2D eigenvalue weighted by Crippen LogP contribution is 2.28. The number of rotatable bonds is 3. The minimum atomic E-state index is -3.38. The number of carbonyl (C=O) groups is 1. The lowest BCUT2D eigenvalue weighted by Gasteiger charge is -2.17. The highest BCUT2D eigenvalue weighted by atomic mass is 32.2. The van der Waals surface area contributed by atoms with Crippen molar-refractivity contribution in [2.45, 2.75) is 6.92 Å². The van der Waals surface area contributed by atoms with Crippen molar-refractivity contribution in [1.29, 1.82) is 0 Å². The lowest BCUT2D eigenvalue weighted by atomic mass is 10.1. The van der Waals surface area contributed by atoms with Gasteiger partial charge in [0.1, 0.15) is 5.82 Å². The summed E-state index contributed by atoms with van der Waals surface area (Å²) in [6.45, 7) is 2.17. The van der Waals surface area contributed by atoms with Gasteiger partial charge in [0.15, 0.2) is 0 Å². The second-order valence-electron chi connectivity index (χ2n) is 4.79. The number of halogens is 1. The van der Waals surface area contributed by atoms with Crippen LogP contribution in [0.15, 0.2) is 24.3 Å². The average Bonchev–Trinajstić information content (AvgIpc) is 2.61. The molecule has 1 aliphatic rings. The number of carboxylic acid groups (broad SMARTS) is 1. The molecular weight excluding hydrogens is 285 g/mol. The van der Waals surface area contributed by atoms with E-state index in [1.807, 2.05) is 6.92 Å². The van der Waals surface area contributed by atoms with Crippen molar-refractivity contribution in [3.63, 3.8) is 0 Å². The summed E-state index contributed by atoms with van der Waals surface area (Å²) in [7, 11) is -3.38. The third-order valence-corrected chi connectivity index (χ3v) is 5.00. The van der Waals surface area contributed by atoms with Gasteiger partial charge < -0.3 is 5.11 Å². The van der Waals surface area contributed by atoms with Crippen LogP contribution < -0.4 is 4.31 Å². The summed E-state index contributed by atoms with van der Waals surface area (Å²) < 4.78 is 38.7. The maximum Gasteiger partial charge on any atom is 0.328 e. The molecule has 1 N–H and O–H groups in total. The van der Waals surface area contributed by atoms with Gasteiger partial charge in [-0.1, -0.05) is 6.92 Å². The van der Waals surface area contributed by atoms with Crippen molar-refractivity contribution in [1.82, 2.24) is 0 Å². The largest absolute Gasteiger partial charge is 0.478 e. The molecule has 0 aliphatic carbocycles. The van der Waals surface area contributed by atoms with Gasteiger partial charge in [0.2, 0.25) is 10.0 Å². The van der Waals surface area contributed by atoms with Gasteiger partial charge in [0.25, 0.3) is 0 Å². The molecule has 1 aromatic rings. The zero-order valence-electron chi connectivity index (χ0n) is 10.8. The van der Waals surface area contributed by atoms with E-state index in [-0.39, 0.29) is 17.2 Å². The number of nitrogens with zero attached hydrogens (tertiary/aromatic N) is 1. The van der Waals surface area contributed by atoms with E-state index in [4.69, 9.17) is 5.11 Å². The smallest absolute Gasteiger partial charge is 0.328 e. The minimum absolute atomic E-state index is 0.00284. The van der Waals surface area contributed by atoms with E-state index < -0.39 is 21.8 Å². The van der Waals surface area contributed by atoms with Gasteiger partial charge in [-0.15, -0.1) is 0 Å². The molecular formula is C13H14FNO4S. The first-order chi connectivity index (χ1) is 9.29. The van der Waals surface area contributed by atoms with Gasteiger partial charge in [-0.3, -0.25) is 4.31 Å². The molecule has 2 rings (SSSR count). The maximum absolute atomic E-state index is 13.6.